The van der Waals surface area contributed by atoms with Crippen molar-refractivity contribution in [3.63, 3.8) is 0 Å². The third-order valence-electron chi connectivity index (χ3n) is 3.05. The van der Waals surface area contributed by atoms with Crippen LogP contribution in [0, 0.1) is 24.1 Å². The second kappa shape index (κ2) is 6.01. The van der Waals surface area contributed by atoms with Crippen LogP contribution in [-0.2, 0) is 6.42 Å². The summed E-state index contributed by atoms with van der Waals surface area (Å²) < 4.78 is 13.6. The molecule has 0 amide bonds. The summed E-state index contributed by atoms with van der Waals surface area (Å²) in [4.78, 5) is 0. The summed E-state index contributed by atoms with van der Waals surface area (Å²) in [5, 5.41) is 12.0. The van der Waals surface area contributed by atoms with Crippen molar-refractivity contribution < 1.29 is 4.39 Å². The first-order valence-corrected chi connectivity index (χ1v) is 6.19. The van der Waals surface area contributed by atoms with Crippen molar-refractivity contribution in [1.29, 1.82) is 5.26 Å². The molecule has 0 saturated heterocycles. The first-order chi connectivity index (χ1) is 9.20. The fourth-order valence-electron chi connectivity index (χ4n) is 1.91. The average molecular weight is 254 g/mol. The van der Waals surface area contributed by atoms with Gasteiger partial charge in [0.2, 0.25) is 0 Å². The van der Waals surface area contributed by atoms with Crippen LogP contribution in [0.4, 0.5) is 10.1 Å². The Morgan fingerprint density at radius 1 is 1.21 bits per heavy atom. The van der Waals surface area contributed by atoms with Crippen LogP contribution >= 0.6 is 0 Å². The molecule has 0 unspecified atom stereocenters. The molecule has 2 aromatic rings. The van der Waals surface area contributed by atoms with Crippen molar-refractivity contribution in [3.05, 3.63) is 65.0 Å². The van der Waals surface area contributed by atoms with Crippen LogP contribution < -0.4 is 5.32 Å². The van der Waals surface area contributed by atoms with Gasteiger partial charge >= 0.3 is 0 Å². The van der Waals surface area contributed by atoms with Gasteiger partial charge in [-0.3, -0.25) is 0 Å². The Hall–Kier alpha value is -2.34. The van der Waals surface area contributed by atoms with Gasteiger partial charge in [0.25, 0.3) is 0 Å². The molecule has 2 rings (SSSR count). The summed E-state index contributed by atoms with van der Waals surface area (Å²) in [5.74, 6) is -0.346. The van der Waals surface area contributed by atoms with Crippen molar-refractivity contribution in [2.45, 2.75) is 13.3 Å². The Morgan fingerprint density at radius 2 is 1.95 bits per heavy atom. The first-order valence-electron chi connectivity index (χ1n) is 6.19. The number of nitrogens with one attached hydrogen (secondary N) is 1. The van der Waals surface area contributed by atoms with E-state index in [1.807, 2.05) is 24.3 Å². The molecule has 3 heteroatoms. The molecule has 0 radical (unpaired) electrons. The quantitative estimate of drug-likeness (QED) is 0.903. The maximum absolute atomic E-state index is 13.6. The molecule has 0 bridgehead atoms. The minimum Gasteiger partial charge on any atom is -0.384 e. The smallest absolute Gasteiger partial charge is 0.129 e. The predicted octanol–water partition coefficient (Wildman–Crippen LogP) is 3.66. The van der Waals surface area contributed by atoms with Gasteiger partial charge < -0.3 is 5.32 Å². The number of benzene rings is 2. The number of hydrogen-bond acceptors (Lipinski definition) is 2. The number of anilines is 1. The summed E-state index contributed by atoms with van der Waals surface area (Å²) in [6, 6.07) is 15.0. The van der Waals surface area contributed by atoms with E-state index in [2.05, 4.69) is 17.4 Å². The van der Waals surface area contributed by atoms with Crippen LogP contribution in [0.2, 0.25) is 0 Å². The Balaban J connectivity index is 2.04. The maximum atomic E-state index is 13.6. The van der Waals surface area contributed by atoms with Crippen molar-refractivity contribution in [3.8, 4) is 6.07 Å². The molecular weight excluding hydrogens is 239 g/mol. The largest absolute Gasteiger partial charge is 0.384 e. The van der Waals surface area contributed by atoms with E-state index in [9.17, 15) is 4.39 Å². The second-order valence-electron chi connectivity index (χ2n) is 4.40. The Labute approximate surface area is 112 Å². The molecular formula is C16H15FN2. The fraction of sp³-hybridized carbons (Fsp3) is 0.188. The third-order valence-corrected chi connectivity index (χ3v) is 3.05. The molecule has 1 N–H and O–H groups in total. The van der Waals surface area contributed by atoms with Crippen LogP contribution in [-0.4, -0.2) is 6.54 Å². The number of halogens is 1. The molecule has 2 aromatic carbocycles. The summed E-state index contributed by atoms with van der Waals surface area (Å²) >= 11 is 0. The highest BCUT2D eigenvalue weighted by molar-refractivity contribution is 5.55. The molecule has 0 aliphatic rings. The van der Waals surface area contributed by atoms with Crippen LogP contribution in [0.3, 0.4) is 0 Å². The summed E-state index contributed by atoms with van der Waals surface area (Å²) in [5.41, 5.74) is 2.80. The highest BCUT2D eigenvalue weighted by Gasteiger charge is 2.06. The van der Waals surface area contributed by atoms with Gasteiger partial charge in [-0.05, 0) is 31.0 Å². The van der Waals surface area contributed by atoms with E-state index >= 15 is 0 Å². The number of nitriles is 1. The fourth-order valence-corrected chi connectivity index (χ4v) is 1.91. The zero-order chi connectivity index (χ0) is 13.7. The topological polar surface area (TPSA) is 35.8 Å². The molecule has 0 spiro atoms. The molecule has 0 saturated carbocycles. The summed E-state index contributed by atoms with van der Waals surface area (Å²) in [7, 11) is 0. The summed E-state index contributed by atoms with van der Waals surface area (Å²) in [6.45, 7) is 2.42. The zero-order valence-corrected chi connectivity index (χ0v) is 10.8. The Bertz CT molecular complexity index is 600. The van der Waals surface area contributed by atoms with Gasteiger partial charge in [-0.15, -0.1) is 0 Å². The van der Waals surface area contributed by atoms with Gasteiger partial charge in [-0.1, -0.05) is 30.3 Å². The average Bonchev–Trinajstić information content (AvgIpc) is 2.44. The van der Waals surface area contributed by atoms with Gasteiger partial charge in [0.15, 0.2) is 0 Å². The van der Waals surface area contributed by atoms with Crippen LogP contribution in [0.25, 0.3) is 0 Å². The highest BCUT2D eigenvalue weighted by atomic mass is 19.1. The van der Waals surface area contributed by atoms with Crippen molar-refractivity contribution in [2.75, 3.05) is 11.9 Å². The van der Waals surface area contributed by atoms with Gasteiger partial charge in [0.05, 0.1) is 11.6 Å². The summed E-state index contributed by atoms with van der Waals surface area (Å²) in [6.07, 6.45) is 0.860. The van der Waals surface area contributed by atoms with E-state index in [0.29, 0.717) is 23.4 Å². The Kier molecular flexibility index (Phi) is 4.15. The van der Waals surface area contributed by atoms with E-state index in [1.54, 1.807) is 13.0 Å². The standard InChI is InChI=1S/C16H15FN2/c1-12-15(17)9-14(11-18)10-16(12)19-8-7-13-5-3-2-4-6-13/h2-6,9-10,19H,7-8H2,1H3. The van der Waals surface area contributed by atoms with E-state index in [0.717, 1.165) is 6.42 Å². The predicted molar refractivity (Wildman–Crippen MR) is 74.5 cm³/mol. The second-order valence-corrected chi connectivity index (χ2v) is 4.40. The lowest BCUT2D eigenvalue weighted by atomic mass is 10.1. The monoisotopic (exact) mass is 254 g/mol. The van der Waals surface area contributed by atoms with Crippen LogP contribution in [0.15, 0.2) is 42.5 Å². The number of nitrogens with zero attached hydrogens (tertiary/aromatic N) is 1. The SMILES string of the molecule is Cc1c(F)cc(C#N)cc1NCCc1ccccc1. The van der Waals surface area contributed by atoms with Crippen LogP contribution in [0.5, 0.6) is 0 Å². The number of hydrogen-bond donors (Lipinski definition) is 1. The molecule has 0 heterocycles. The Morgan fingerprint density at radius 3 is 2.63 bits per heavy atom. The highest BCUT2D eigenvalue weighted by Crippen LogP contribution is 2.20. The molecule has 96 valence electrons. The van der Waals surface area contributed by atoms with E-state index in [4.69, 9.17) is 5.26 Å². The van der Waals surface area contributed by atoms with Crippen LogP contribution in [0.1, 0.15) is 16.7 Å². The van der Waals surface area contributed by atoms with Gasteiger partial charge in [0.1, 0.15) is 5.82 Å². The van der Waals surface area contributed by atoms with E-state index < -0.39 is 0 Å². The van der Waals surface area contributed by atoms with E-state index in [-0.39, 0.29) is 5.82 Å². The molecule has 0 fully saturated rings. The van der Waals surface area contributed by atoms with Crippen molar-refractivity contribution in [2.24, 2.45) is 0 Å². The lowest BCUT2D eigenvalue weighted by Crippen LogP contribution is -2.07. The van der Waals surface area contributed by atoms with E-state index in [1.165, 1.54) is 11.6 Å². The van der Waals surface area contributed by atoms with Gasteiger partial charge in [-0.25, -0.2) is 4.39 Å². The zero-order valence-electron chi connectivity index (χ0n) is 10.8. The number of rotatable bonds is 4. The molecule has 19 heavy (non-hydrogen) atoms. The van der Waals surface area contributed by atoms with Crippen molar-refractivity contribution >= 4 is 5.69 Å². The minimum absolute atomic E-state index is 0.338. The van der Waals surface area contributed by atoms with Gasteiger partial charge in [-0.2, -0.15) is 5.26 Å². The molecule has 0 aliphatic carbocycles. The van der Waals surface area contributed by atoms with Gasteiger partial charge in [0, 0.05) is 17.8 Å². The molecule has 0 aliphatic heterocycles. The van der Waals surface area contributed by atoms with Crippen molar-refractivity contribution in [1.82, 2.24) is 0 Å². The molecule has 0 aromatic heterocycles. The maximum Gasteiger partial charge on any atom is 0.129 e. The normalized spacial score (nSPS) is 9.95. The lowest BCUT2D eigenvalue weighted by molar-refractivity contribution is 0.618. The first kappa shape index (κ1) is 13.1. The lowest BCUT2D eigenvalue weighted by Gasteiger charge is -2.10. The third kappa shape index (κ3) is 3.32. The molecule has 0 atom stereocenters. The minimum atomic E-state index is -0.346. The molecule has 2 nitrogen and oxygen atoms in total.